The maximum atomic E-state index is 6.25. The van der Waals surface area contributed by atoms with E-state index in [1.165, 1.54) is 0 Å². The lowest BCUT2D eigenvalue weighted by molar-refractivity contribution is 0.584. The van der Waals surface area contributed by atoms with Crippen LogP contribution in [-0.4, -0.2) is 15.0 Å². The summed E-state index contributed by atoms with van der Waals surface area (Å²) in [6.45, 7) is 3.43. The van der Waals surface area contributed by atoms with Crippen LogP contribution in [0.2, 0.25) is 5.02 Å². The van der Waals surface area contributed by atoms with Crippen molar-refractivity contribution in [3.05, 3.63) is 35.0 Å². The van der Waals surface area contributed by atoms with Crippen LogP contribution in [0.1, 0.15) is 18.9 Å². The Hall–Kier alpha value is -1.39. The molecule has 0 aliphatic heterocycles. The zero-order chi connectivity index (χ0) is 12.3. The van der Waals surface area contributed by atoms with Crippen LogP contribution in [0.4, 0.5) is 0 Å². The molecule has 0 spiro atoms. The normalized spacial score (nSPS) is 10.8. The summed E-state index contributed by atoms with van der Waals surface area (Å²) in [6.07, 6.45) is 2.74. The molecule has 1 aromatic heterocycles. The molecule has 0 fully saturated rings. The van der Waals surface area contributed by atoms with E-state index >= 15 is 0 Å². The summed E-state index contributed by atoms with van der Waals surface area (Å²) in [5.74, 6) is 0. The summed E-state index contributed by atoms with van der Waals surface area (Å²) >= 11 is 6.25. The fourth-order valence-corrected chi connectivity index (χ4v) is 2.04. The molecule has 0 saturated heterocycles. The van der Waals surface area contributed by atoms with Gasteiger partial charge in [-0.15, -0.1) is 5.10 Å². The molecule has 0 unspecified atom stereocenters. The van der Waals surface area contributed by atoms with E-state index in [1.807, 2.05) is 22.9 Å². The molecule has 1 aromatic carbocycles. The first kappa shape index (κ1) is 12.1. The second kappa shape index (κ2) is 5.29. The number of aryl methyl sites for hydroxylation is 1. The van der Waals surface area contributed by atoms with Crippen LogP contribution in [0.25, 0.3) is 11.3 Å². The third kappa shape index (κ3) is 2.48. The van der Waals surface area contributed by atoms with E-state index in [0.29, 0.717) is 11.6 Å². The quantitative estimate of drug-likeness (QED) is 0.907. The Balaban J connectivity index is 2.42. The van der Waals surface area contributed by atoms with Gasteiger partial charge < -0.3 is 5.73 Å². The Kier molecular flexibility index (Phi) is 3.76. The molecular weight excluding hydrogens is 236 g/mol. The molecule has 0 bridgehead atoms. The van der Waals surface area contributed by atoms with Crippen LogP contribution in [0.5, 0.6) is 0 Å². The zero-order valence-electron chi connectivity index (χ0n) is 9.73. The SMILES string of the molecule is CCCn1nncc1-c1ccc(CN)cc1Cl. The highest BCUT2D eigenvalue weighted by atomic mass is 35.5. The van der Waals surface area contributed by atoms with E-state index in [-0.39, 0.29) is 0 Å². The third-order valence-corrected chi connectivity index (χ3v) is 2.91. The van der Waals surface area contributed by atoms with Gasteiger partial charge in [0.2, 0.25) is 0 Å². The van der Waals surface area contributed by atoms with Gasteiger partial charge in [-0.25, -0.2) is 4.68 Å². The molecule has 5 heteroatoms. The average molecular weight is 251 g/mol. The van der Waals surface area contributed by atoms with Gasteiger partial charge in [0.15, 0.2) is 0 Å². The molecule has 2 rings (SSSR count). The highest BCUT2D eigenvalue weighted by molar-refractivity contribution is 6.33. The van der Waals surface area contributed by atoms with E-state index in [0.717, 1.165) is 29.8 Å². The predicted octanol–water partition coefficient (Wildman–Crippen LogP) is 2.47. The molecule has 90 valence electrons. The van der Waals surface area contributed by atoms with Gasteiger partial charge in [-0.3, -0.25) is 0 Å². The lowest BCUT2D eigenvalue weighted by atomic mass is 10.1. The third-order valence-electron chi connectivity index (χ3n) is 2.60. The number of benzene rings is 1. The molecule has 0 amide bonds. The molecule has 0 radical (unpaired) electrons. The van der Waals surface area contributed by atoms with Gasteiger partial charge >= 0.3 is 0 Å². The summed E-state index contributed by atoms with van der Waals surface area (Å²) in [4.78, 5) is 0. The van der Waals surface area contributed by atoms with Crippen LogP contribution in [0.3, 0.4) is 0 Å². The van der Waals surface area contributed by atoms with Crippen molar-refractivity contribution in [3.8, 4) is 11.3 Å². The number of hydrogen-bond acceptors (Lipinski definition) is 3. The Labute approximate surface area is 105 Å². The van der Waals surface area contributed by atoms with Crippen LogP contribution in [-0.2, 0) is 13.1 Å². The minimum atomic E-state index is 0.493. The van der Waals surface area contributed by atoms with Gasteiger partial charge in [0.1, 0.15) is 0 Å². The molecule has 2 N–H and O–H groups in total. The molecule has 0 atom stereocenters. The number of hydrogen-bond donors (Lipinski definition) is 1. The summed E-state index contributed by atoms with van der Waals surface area (Å²) in [7, 11) is 0. The van der Waals surface area contributed by atoms with E-state index in [2.05, 4.69) is 17.2 Å². The van der Waals surface area contributed by atoms with Crippen molar-refractivity contribution in [2.45, 2.75) is 26.4 Å². The molecule has 2 aromatic rings. The first-order chi connectivity index (χ1) is 8.26. The zero-order valence-corrected chi connectivity index (χ0v) is 10.5. The minimum absolute atomic E-state index is 0.493. The fourth-order valence-electron chi connectivity index (χ4n) is 1.74. The van der Waals surface area contributed by atoms with Crippen molar-refractivity contribution < 1.29 is 0 Å². The first-order valence-corrected chi connectivity index (χ1v) is 6.01. The topological polar surface area (TPSA) is 56.7 Å². The van der Waals surface area contributed by atoms with Gasteiger partial charge in [-0.05, 0) is 18.1 Å². The van der Waals surface area contributed by atoms with Gasteiger partial charge in [0, 0.05) is 18.7 Å². The summed E-state index contributed by atoms with van der Waals surface area (Å²) < 4.78 is 1.86. The van der Waals surface area contributed by atoms with Gasteiger partial charge in [-0.2, -0.15) is 0 Å². The Morgan fingerprint density at radius 1 is 1.41 bits per heavy atom. The standard InChI is InChI=1S/C12H15ClN4/c1-2-5-17-12(8-15-16-17)10-4-3-9(7-14)6-11(10)13/h3-4,6,8H,2,5,7,14H2,1H3. The molecule has 0 saturated carbocycles. The number of nitrogens with zero attached hydrogens (tertiary/aromatic N) is 3. The summed E-state index contributed by atoms with van der Waals surface area (Å²) in [5.41, 5.74) is 8.49. The van der Waals surface area contributed by atoms with Crippen molar-refractivity contribution in [1.29, 1.82) is 0 Å². The fraction of sp³-hybridized carbons (Fsp3) is 0.333. The lowest BCUT2D eigenvalue weighted by Crippen LogP contribution is -2.02. The van der Waals surface area contributed by atoms with E-state index < -0.39 is 0 Å². The molecule has 0 aliphatic rings. The molecule has 17 heavy (non-hydrogen) atoms. The maximum absolute atomic E-state index is 6.25. The van der Waals surface area contributed by atoms with E-state index in [4.69, 9.17) is 17.3 Å². The number of halogens is 1. The number of aromatic nitrogens is 3. The van der Waals surface area contributed by atoms with Crippen molar-refractivity contribution in [2.24, 2.45) is 5.73 Å². The van der Waals surface area contributed by atoms with E-state index in [9.17, 15) is 0 Å². The Morgan fingerprint density at radius 3 is 2.88 bits per heavy atom. The lowest BCUT2D eigenvalue weighted by Gasteiger charge is -2.07. The molecule has 0 aliphatic carbocycles. The van der Waals surface area contributed by atoms with Crippen molar-refractivity contribution in [3.63, 3.8) is 0 Å². The van der Waals surface area contributed by atoms with Crippen LogP contribution >= 0.6 is 11.6 Å². The van der Waals surface area contributed by atoms with Crippen molar-refractivity contribution in [1.82, 2.24) is 15.0 Å². The maximum Gasteiger partial charge on any atom is 0.0900 e. The van der Waals surface area contributed by atoms with Crippen LogP contribution < -0.4 is 5.73 Å². The molecular formula is C12H15ClN4. The predicted molar refractivity (Wildman–Crippen MR) is 68.7 cm³/mol. The van der Waals surface area contributed by atoms with Gasteiger partial charge in [0.05, 0.1) is 16.9 Å². The van der Waals surface area contributed by atoms with Crippen LogP contribution in [0.15, 0.2) is 24.4 Å². The highest BCUT2D eigenvalue weighted by Crippen LogP contribution is 2.28. The monoisotopic (exact) mass is 250 g/mol. The molecule has 4 nitrogen and oxygen atoms in total. The summed E-state index contributed by atoms with van der Waals surface area (Å²) in [5, 5.41) is 8.67. The van der Waals surface area contributed by atoms with Gasteiger partial charge in [0.25, 0.3) is 0 Å². The van der Waals surface area contributed by atoms with Crippen molar-refractivity contribution >= 4 is 11.6 Å². The Bertz CT molecular complexity index is 507. The number of rotatable bonds is 4. The Morgan fingerprint density at radius 2 is 2.24 bits per heavy atom. The summed E-state index contributed by atoms with van der Waals surface area (Å²) in [6, 6.07) is 5.83. The first-order valence-electron chi connectivity index (χ1n) is 5.63. The molecule has 1 heterocycles. The minimum Gasteiger partial charge on any atom is -0.326 e. The highest BCUT2D eigenvalue weighted by Gasteiger charge is 2.10. The van der Waals surface area contributed by atoms with Crippen molar-refractivity contribution in [2.75, 3.05) is 0 Å². The van der Waals surface area contributed by atoms with Gasteiger partial charge in [-0.1, -0.05) is 35.9 Å². The second-order valence-electron chi connectivity index (χ2n) is 3.86. The number of nitrogens with two attached hydrogens (primary N) is 1. The largest absolute Gasteiger partial charge is 0.326 e. The second-order valence-corrected chi connectivity index (χ2v) is 4.27. The van der Waals surface area contributed by atoms with Crippen LogP contribution in [0, 0.1) is 0 Å². The average Bonchev–Trinajstić information content (AvgIpc) is 2.77. The smallest absolute Gasteiger partial charge is 0.0900 e. The van der Waals surface area contributed by atoms with E-state index in [1.54, 1.807) is 6.20 Å².